The van der Waals surface area contributed by atoms with Gasteiger partial charge in [-0.25, -0.2) is 19.3 Å². The van der Waals surface area contributed by atoms with Crippen LogP contribution >= 0.6 is 11.8 Å². The van der Waals surface area contributed by atoms with E-state index < -0.39 is 5.37 Å². The van der Waals surface area contributed by atoms with E-state index in [2.05, 4.69) is 15.0 Å². The molecular weight excluding hydrogens is 257 g/mol. The Morgan fingerprint density at radius 1 is 1.44 bits per heavy atom. The number of hydrogen-bond acceptors (Lipinski definition) is 6. The first-order valence-corrected chi connectivity index (χ1v) is 6.21. The van der Waals surface area contributed by atoms with Crippen LogP contribution in [0.5, 0.6) is 0 Å². The molecule has 0 aromatic carbocycles. The normalized spacial score (nSPS) is 23.6. The molecule has 0 amide bonds. The van der Waals surface area contributed by atoms with Gasteiger partial charge in [0.1, 0.15) is 23.0 Å². The Bertz CT molecular complexity index is 628. The van der Waals surface area contributed by atoms with Crippen molar-refractivity contribution in [2.75, 3.05) is 12.3 Å². The van der Waals surface area contributed by atoms with Gasteiger partial charge in [-0.3, -0.25) is 4.57 Å². The molecule has 0 radical (unpaired) electrons. The SMILES string of the molecule is Nc1ncnc2c1ncn2[C@@H]1S[C@H](CO)C=C1F. The van der Waals surface area contributed by atoms with Crippen molar-refractivity contribution in [1.82, 2.24) is 19.5 Å². The molecule has 6 nitrogen and oxygen atoms in total. The smallest absolute Gasteiger partial charge is 0.166 e. The van der Waals surface area contributed by atoms with Crippen LogP contribution in [0.25, 0.3) is 11.2 Å². The minimum Gasteiger partial charge on any atom is -0.395 e. The van der Waals surface area contributed by atoms with E-state index in [-0.39, 0.29) is 23.5 Å². The van der Waals surface area contributed by atoms with Crippen molar-refractivity contribution in [3.05, 3.63) is 24.6 Å². The molecule has 2 aromatic heterocycles. The number of aromatic nitrogens is 4. The van der Waals surface area contributed by atoms with E-state index in [1.54, 1.807) is 4.57 Å². The number of imidazole rings is 1. The number of nitrogens with two attached hydrogens (primary N) is 1. The van der Waals surface area contributed by atoms with E-state index in [1.165, 1.54) is 30.5 Å². The van der Waals surface area contributed by atoms with Crippen LogP contribution in [0.1, 0.15) is 5.37 Å². The predicted octanol–water partition coefficient (Wildman–Crippen LogP) is 0.868. The lowest BCUT2D eigenvalue weighted by molar-refractivity contribution is 0.307. The maximum absolute atomic E-state index is 13.8. The quantitative estimate of drug-likeness (QED) is 0.839. The molecule has 18 heavy (non-hydrogen) atoms. The molecule has 2 aromatic rings. The Kier molecular flexibility index (Phi) is 2.67. The molecule has 1 aliphatic rings. The van der Waals surface area contributed by atoms with Gasteiger partial charge in [-0.05, 0) is 6.08 Å². The Morgan fingerprint density at radius 3 is 3.00 bits per heavy atom. The Morgan fingerprint density at radius 2 is 2.28 bits per heavy atom. The second kappa shape index (κ2) is 4.21. The third kappa shape index (κ3) is 1.65. The van der Waals surface area contributed by atoms with Crippen molar-refractivity contribution < 1.29 is 9.50 Å². The molecular formula is C10H10FN5OS. The van der Waals surface area contributed by atoms with Crippen molar-refractivity contribution in [3.8, 4) is 0 Å². The summed E-state index contributed by atoms with van der Waals surface area (Å²) in [5.74, 6) is -0.0413. The third-order valence-electron chi connectivity index (χ3n) is 2.70. The number of aliphatic hydroxyl groups is 1. The number of thioether (sulfide) groups is 1. The van der Waals surface area contributed by atoms with Crippen LogP contribution in [0.4, 0.5) is 10.2 Å². The van der Waals surface area contributed by atoms with Crippen LogP contribution in [0.3, 0.4) is 0 Å². The summed E-state index contributed by atoms with van der Waals surface area (Å²) in [6.45, 7) is -0.0989. The molecule has 0 saturated carbocycles. The standard InChI is InChI=1S/C10H10FN5OS/c11-6-1-5(2-17)18-10(6)16-4-15-7-8(12)13-3-14-9(7)16/h1,3-5,10,17H,2H2,(H2,12,13,14)/t5-,10+/m0/s1. The van der Waals surface area contributed by atoms with Gasteiger partial charge >= 0.3 is 0 Å². The van der Waals surface area contributed by atoms with Gasteiger partial charge in [0.25, 0.3) is 0 Å². The maximum atomic E-state index is 13.8. The minimum atomic E-state index is -0.554. The first-order chi connectivity index (χ1) is 8.70. The summed E-state index contributed by atoms with van der Waals surface area (Å²) in [7, 11) is 0. The Labute approximate surface area is 106 Å². The number of rotatable bonds is 2. The van der Waals surface area contributed by atoms with E-state index in [1.807, 2.05) is 0 Å². The molecule has 8 heteroatoms. The molecule has 3 N–H and O–H groups in total. The summed E-state index contributed by atoms with van der Waals surface area (Å²) in [6, 6.07) is 0. The second-order valence-corrected chi connectivity index (χ2v) is 5.17. The van der Waals surface area contributed by atoms with Crippen LogP contribution in [-0.4, -0.2) is 36.5 Å². The lowest BCUT2D eigenvalue weighted by Crippen LogP contribution is -2.06. The number of fused-ring (bicyclic) bond motifs is 1. The highest BCUT2D eigenvalue weighted by Crippen LogP contribution is 2.42. The van der Waals surface area contributed by atoms with Gasteiger partial charge in [0.15, 0.2) is 11.5 Å². The predicted molar refractivity (Wildman–Crippen MR) is 66.4 cm³/mol. The fraction of sp³-hybridized carbons (Fsp3) is 0.300. The van der Waals surface area contributed by atoms with Gasteiger partial charge in [-0.2, -0.15) is 0 Å². The number of halogens is 1. The molecule has 0 aliphatic carbocycles. The van der Waals surface area contributed by atoms with Crippen LogP contribution in [0.2, 0.25) is 0 Å². The summed E-state index contributed by atoms with van der Waals surface area (Å²) in [5, 5.41) is 8.26. The second-order valence-electron chi connectivity index (χ2n) is 3.84. The number of hydrogen-bond donors (Lipinski definition) is 2. The van der Waals surface area contributed by atoms with Crippen molar-refractivity contribution in [3.63, 3.8) is 0 Å². The summed E-state index contributed by atoms with van der Waals surface area (Å²) in [6.07, 6.45) is 4.22. The fourth-order valence-electron chi connectivity index (χ4n) is 1.87. The van der Waals surface area contributed by atoms with E-state index in [4.69, 9.17) is 10.8 Å². The zero-order valence-corrected chi connectivity index (χ0v) is 10.0. The zero-order valence-electron chi connectivity index (χ0n) is 9.19. The van der Waals surface area contributed by atoms with E-state index in [9.17, 15) is 4.39 Å². The molecule has 3 rings (SSSR count). The topological polar surface area (TPSA) is 89.9 Å². The Hall–Kier alpha value is -1.67. The zero-order chi connectivity index (χ0) is 12.7. The average Bonchev–Trinajstić information content (AvgIpc) is 2.93. The average molecular weight is 267 g/mol. The monoisotopic (exact) mass is 267 g/mol. The maximum Gasteiger partial charge on any atom is 0.166 e. The van der Waals surface area contributed by atoms with E-state index >= 15 is 0 Å². The molecule has 1 aliphatic heterocycles. The summed E-state index contributed by atoms with van der Waals surface area (Å²) in [5.41, 5.74) is 6.62. The van der Waals surface area contributed by atoms with Crippen LogP contribution in [0.15, 0.2) is 24.6 Å². The molecule has 3 heterocycles. The van der Waals surface area contributed by atoms with Gasteiger partial charge in [-0.15, -0.1) is 11.8 Å². The summed E-state index contributed by atoms with van der Waals surface area (Å²) >= 11 is 1.30. The highest BCUT2D eigenvalue weighted by molar-refractivity contribution is 8.00. The van der Waals surface area contributed by atoms with Gasteiger partial charge in [-0.1, -0.05) is 0 Å². The number of nitrogen functional groups attached to an aromatic ring is 1. The molecule has 94 valence electrons. The Balaban J connectivity index is 2.06. The first kappa shape index (κ1) is 11.4. The highest BCUT2D eigenvalue weighted by atomic mass is 32.2. The highest BCUT2D eigenvalue weighted by Gasteiger charge is 2.30. The summed E-state index contributed by atoms with van der Waals surface area (Å²) in [4.78, 5) is 12.0. The minimum absolute atomic E-state index is 0.0989. The van der Waals surface area contributed by atoms with Gasteiger partial charge in [0, 0.05) is 0 Å². The van der Waals surface area contributed by atoms with E-state index in [0.29, 0.717) is 11.2 Å². The molecule has 0 saturated heterocycles. The van der Waals surface area contributed by atoms with Gasteiger partial charge in [0.05, 0.1) is 18.2 Å². The van der Waals surface area contributed by atoms with Crippen molar-refractivity contribution in [1.29, 1.82) is 0 Å². The molecule has 0 spiro atoms. The summed E-state index contributed by atoms with van der Waals surface area (Å²) < 4.78 is 15.4. The van der Waals surface area contributed by atoms with Crippen molar-refractivity contribution in [2.24, 2.45) is 0 Å². The number of nitrogens with zero attached hydrogens (tertiary/aromatic N) is 4. The molecule has 0 bridgehead atoms. The fourth-order valence-corrected chi connectivity index (χ4v) is 2.99. The molecule has 0 unspecified atom stereocenters. The van der Waals surface area contributed by atoms with E-state index in [0.717, 1.165) is 0 Å². The first-order valence-electron chi connectivity index (χ1n) is 5.27. The lowest BCUT2D eigenvalue weighted by Gasteiger charge is -2.12. The largest absolute Gasteiger partial charge is 0.395 e. The van der Waals surface area contributed by atoms with Gasteiger partial charge in [0.2, 0.25) is 0 Å². The lowest BCUT2D eigenvalue weighted by atomic mass is 10.3. The van der Waals surface area contributed by atoms with Crippen molar-refractivity contribution in [2.45, 2.75) is 10.6 Å². The van der Waals surface area contributed by atoms with Crippen molar-refractivity contribution >= 4 is 28.7 Å². The third-order valence-corrected chi connectivity index (χ3v) is 4.05. The van der Waals surface area contributed by atoms with Crippen LogP contribution < -0.4 is 5.73 Å². The number of anilines is 1. The van der Waals surface area contributed by atoms with Gasteiger partial charge < -0.3 is 10.8 Å². The molecule has 2 atom stereocenters. The molecule has 0 fully saturated rings. The number of aliphatic hydroxyl groups excluding tert-OH is 1. The van der Waals surface area contributed by atoms with Crippen LogP contribution in [0, 0.1) is 0 Å². The van der Waals surface area contributed by atoms with Crippen LogP contribution in [-0.2, 0) is 0 Å².